The summed E-state index contributed by atoms with van der Waals surface area (Å²) in [4.78, 5) is 24.4. The molecule has 3 aromatic rings. The summed E-state index contributed by atoms with van der Waals surface area (Å²) in [7, 11) is 1.53. The fourth-order valence-corrected chi connectivity index (χ4v) is 4.76. The van der Waals surface area contributed by atoms with E-state index in [0.29, 0.717) is 37.3 Å². The largest absolute Gasteiger partial charge is 0.496 e. The molecule has 0 saturated heterocycles. The predicted molar refractivity (Wildman–Crippen MR) is 130 cm³/mol. The third-order valence-electron chi connectivity index (χ3n) is 4.93. The quantitative estimate of drug-likeness (QED) is 0.287. The molecule has 0 amide bonds. The van der Waals surface area contributed by atoms with Gasteiger partial charge in [0.05, 0.1) is 28.0 Å². The van der Waals surface area contributed by atoms with E-state index in [9.17, 15) is 14.0 Å². The van der Waals surface area contributed by atoms with Crippen molar-refractivity contribution in [1.82, 2.24) is 0 Å². The van der Waals surface area contributed by atoms with Crippen LogP contribution in [0.4, 0.5) is 4.39 Å². The summed E-state index contributed by atoms with van der Waals surface area (Å²) in [5, 5.41) is 9.07. The molecule has 0 atom stereocenters. The Kier molecular flexibility index (Phi) is 7.92. The van der Waals surface area contributed by atoms with Crippen molar-refractivity contribution in [2.45, 2.75) is 26.2 Å². The van der Waals surface area contributed by atoms with Gasteiger partial charge in [-0.25, -0.2) is 4.39 Å². The second kappa shape index (κ2) is 10.5. The van der Waals surface area contributed by atoms with E-state index in [2.05, 4.69) is 31.9 Å². The third-order valence-corrected chi connectivity index (χ3v) is 6.11. The zero-order chi connectivity index (χ0) is 24.3. The highest BCUT2D eigenvalue weighted by Gasteiger charge is 2.22. The first-order valence-corrected chi connectivity index (χ1v) is 11.6. The minimum Gasteiger partial charge on any atom is -0.496 e. The van der Waals surface area contributed by atoms with Crippen LogP contribution in [0.25, 0.3) is 0 Å². The Morgan fingerprint density at radius 1 is 1.00 bits per heavy atom. The smallest absolute Gasteiger partial charge is 0.307 e. The number of carboxylic acids is 1. The molecule has 3 aromatic carbocycles. The summed E-state index contributed by atoms with van der Waals surface area (Å²) in [6.45, 7) is 3.99. The van der Waals surface area contributed by atoms with Gasteiger partial charge < -0.3 is 14.6 Å². The van der Waals surface area contributed by atoms with E-state index in [0.717, 1.165) is 5.56 Å². The minimum atomic E-state index is -0.952. The third kappa shape index (κ3) is 5.81. The van der Waals surface area contributed by atoms with Gasteiger partial charge in [0.15, 0.2) is 11.5 Å². The van der Waals surface area contributed by atoms with E-state index in [1.54, 1.807) is 24.3 Å². The molecule has 0 bridgehead atoms. The van der Waals surface area contributed by atoms with E-state index in [1.807, 2.05) is 13.8 Å². The lowest BCUT2D eigenvalue weighted by Gasteiger charge is -2.19. The number of aliphatic carboxylic acids is 1. The molecule has 33 heavy (non-hydrogen) atoms. The number of ketones is 1. The number of benzene rings is 3. The van der Waals surface area contributed by atoms with Gasteiger partial charge in [0.1, 0.15) is 17.3 Å². The van der Waals surface area contributed by atoms with Gasteiger partial charge in [-0.15, -0.1) is 0 Å². The highest BCUT2D eigenvalue weighted by Crippen LogP contribution is 2.42. The van der Waals surface area contributed by atoms with Crippen molar-refractivity contribution in [3.63, 3.8) is 0 Å². The van der Waals surface area contributed by atoms with Crippen molar-refractivity contribution in [1.29, 1.82) is 0 Å². The monoisotopic (exact) mass is 578 g/mol. The standard InChI is InChI=1S/C25H21Br2FO5/c1-13(2)17-11-22(33-25-19(26)8-14(9-20(25)27)10-23(29)30)18(12-21(17)32-3)24(31)15-4-6-16(28)7-5-15/h4-9,11-13H,10H2,1-3H3,(H,29,30). The first kappa shape index (κ1) is 24.9. The van der Waals surface area contributed by atoms with Crippen molar-refractivity contribution in [3.05, 3.63) is 85.5 Å². The normalized spacial score (nSPS) is 10.9. The topological polar surface area (TPSA) is 72.8 Å². The van der Waals surface area contributed by atoms with Crippen molar-refractivity contribution in [2.24, 2.45) is 0 Å². The highest BCUT2D eigenvalue weighted by molar-refractivity contribution is 9.11. The molecule has 1 N–H and O–H groups in total. The molecule has 0 aliphatic carbocycles. The maximum atomic E-state index is 13.4. The fraction of sp³-hybridized carbons (Fsp3) is 0.200. The summed E-state index contributed by atoms with van der Waals surface area (Å²) < 4.78 is 26.1. The molecule has 0 saturated carbocycles. The molecule has 0 spiro atoms. The van der Waals surface area contributed by atoms with E-state index >= 15 is 0 Å². The fourth-order valence-electron chi connectivity index (χ4n) is 3.32. The Bertz CT molecular complexity index is 1180. The number of carboxylic acid groups (broad SMARTS) is 1. The van der Waals surface area contributed by atoms with Crippen LogP contribution in [0.2, 0.25) is 0 Å². The van der Waals surface area contributed by atoms with Gasteiger partial charge in [-0.2, -0.15) is 0 Å². The SMILES string of the molecule is COc1cc(C(=O)c2ccc(F)cc2)c(Oc2c(Br)cc(CC(=O)O)cc2Br)cc1C(C)C. The van der Waals surface area contributed by atoms with Crippen LogP contribution >= 0.6 is 31.9 Å². The van der Waals surface area contributed by atoms with Crippen LogP contribution in [0.15, 0.2) is 57.5 Å². The van der Waals surface area contributed by atoms with Crippen LogP contribution in [0, 0.1) is 5.82 Å². The van der Waals surface area contributed by atoms with Gasteiger partial charge in [-0.05, 0) is 91.9 Å². The van der Waals surface area contributed by atoms with Gasteiger partial charge in [0, 0.05) is 11.1 Å². The summed E-state index contributed by atoms with van der Waals surface area (Å²) in [5.41, 5.74) is 1.97. The number of ether oxygens (including phenoxy) is 2. The Morgan fingerprint density at radius 3 is 2.12 bits per heavy atom. The van der Waals surface area contributed by atoms with Crippen LogP contribution in [0.1, 0.15) is 46.8 Å². The number of hydrogen-bond acceptors (Lipinski definition) is 4. The highest BCUT2D eigenvalue weighted by atomic mass is 79.9. The molecule has 0 aliphatic heterocycles. The first-order valence-electron chi connectivity index (χ1n) is 10.0. The lowest BCUT2D eigenvalue weighted by atomic mass is 9.95. The summed E-state index contributed by atoms with van der Waals surface area (Å²) in [6.07, 6.45) is -0.147. The molecule has 3 rings (SSSR count). The number of halogens is 3. The first-order chi connectivity index (χ1) is 15.6. The second-order valence-electron chi connectivity index (χ2n) is 7.64. The van der Waals surface area contributed by atoms with Crippen molar-refractivity contribution in [2.75, 3.05) is 7.11 Å². The molecule has 0 radical (unpaired) electrons. The molecule has 0 heterocycles. The molecule has 0 unspecified atom stereocenters. The summed E-state index contributed by atoms with van der Waals surface area (Å²) in [5.74, 6) is -0.442. The van der Waals surface area contributed by atoms with Gasteiger partial charge in [-0.3, -0.25) is 9.59 Å². The van der Waals surface area contributed by atoms with Crippen molar-refractivity contribution in [3.8, 4) is 17.2 Å². The average Bonchev–Trinajstić information content (AvgIpc) is 2.75. The Hall–Kier alpha value is -2.71. The van der Waals surface area contributed by atoms with Gasteiger partial charge >= 0.3 is 5.97 Å². The van der Waals surface area contributed by atoms with Gasteiger partial charge in [0.2, 0.25) is 0 Å². The predicted octanol–water partition coefficient (Wildman–Crippen LogP) is 7.13. The number of rotatable bonds is 8. The van der Waals surface area contributed by atoms with Crippen LogP contribution in [-0.2, 0) is 11.2 Å². The summed E-state index contributed by atoms with van der Waals surface area (Å²) in [6, 6.07) is 12.0. The second-order valence-corrected chi connectivity index (χ2v) is 9.35. The molecular formula is C25H21Br2FO5. The maximum absolute atomic E-state index is 13.4. The van der Waals surface area contributed by atoms with Gasteiger partial charge in [-0.1, -0.05) is 13.8 Å². The molecular weight excluding hydrogens is 559 g/mol. The minimum absolute atomic E-state index is 0.0853. The van der Waals surface area contributed by atoms with Crippen LogP contribution in [-0.4, -0.2) is 24.0 Å². The number of methoxy groups -OCH3 is 1. The molecule has 8 heteroatoms. The molecule has 0 aliphatic rings. The van der Waals surface area contributed by atoms with E-state index in [1.165, 1.54) is 31.4 Å². The molecule has 0 aromatic heterocycles. The number of carbonyl (C=O) groups excluding carboxylic acids is 1. The summed E-state index contributed by atoms with van der Waals surface area (Å²) >= 11 is 6.87. The average molecular weight is 580 g/mol. The lowest BCUT2D eigenvalue weighted by molar-refractivity contribution is -0.136. The molecule has 5 nitrogen and oxygen atoms in total. The van der Waals surface area contributed by atoms with Crippen LogP contribution in [0.5, 0.6) is 17.2 Å². The molecule has 172 valence electrons. The van der Waals surface area contributed by atoms with Crippen LogP contribution in [0.3, 0.4) is 0 Å². The Morgan fingerprint density at radius 2 is 1.61 bits per heavy atom. The maximum Gasteiger partial charge on any atom is 0.307 e. The van der Waals surface area contributed by atoms with E-state index in [4.69, 9.17) is 14.6 Å². The van der Waals surface area contributed by atoms with Gasteiger partial charge in [0.25, 0.3) is 0 Å². The van der Waals surface area contributed by atoms with E-state index in [-0.39, 0.29) is 23.7 Å². The van der Waals surface area contributed by atoms with Crippen molar-refractivity contribution >= 4 is 43.6 Å². The van der Waals surface area contributed by atoms with E-state index < -0.39 is 11.8 Å². The molecule has 0 fully saturated rings. The number of hydrogen-bond donors (Lipinski definition) is 1. The Balaban J connectivity index is 2.13. The zero-order valence-corrected chi connectivity index (χ0v) is 21.3. The number of carbonyl (C=O) groups is 2. The van der Waals surface area contributed by atoms with Crippen LogP contribution < -0.4 is 9.47 Å². The Labute approximate surface area is 207 Å². The zero-order valence-electron chi connectivity index (χ0n) is 18.1. The lowest BCUT2D eigenvalue weighted by Crippen LogP contribution is -2.07. The van der Waals surface area contributed by atoms with Crippen molar-refractivity contribution < 1.29 is 28.6 Å².